The van der Waals surface area contributed by atoms with Crippen LogP contribution in [0, 0.1) is 0 Å². The van der Waals surface area contributed by atoms with Crippen molar-refractivity contribution in [3.05, 3.63) is 57.1 Å². The number of esters is 3. The number of methoxy groups -OCH3 is 3. The lowest BCUT2D eigenvalue weighted by Crippen LogP contribution is -2.32. The molecule has 1 atom stereocenters. The highest BCUT2D eigenvalue weighted by Gasteiger charge is 2.38. The van der Waals surface area contributed by atoms with Gasteiger partial charge in [0, 0.05) is 22.3 Å². The van der Waals surface area contributed by atoms with E-state index in [1.54, 1.807) is 6.92 Å². The maximum atomic E-state index is 12.5. The third-order valence-corrected chi connectivity index (χ3v) is 4.76. The molecule has 0 saturated carbocycles. The van der Waals surface area contributed by atoms with Gasteiger partial charge < -0.3 is 19.5 Å². The molecule has 7 nitrogen and oxygen atoms in total. The number of hydrogen-bond donors (Lipinski definition) is 1. The van der Waals surface area contributed by atoms with Crippen LogP contribution in [0.5, 0.6) is 0 Å². The number of ether oxygens (including phenoxy) is 3. The summed E-state index contributed by atoms with van der Waals surface area (Å²) in [5.74, 6) is -2.41. The van der Waals surface area contributed by atoms with Crippen LogP contribution in [-0.4, -0.2) is 39.2 Å². The molecule has 0 radical (unpaired) electrons. The second-order valence-electron chi connectivity index (χ2n) is 5.28. The Kier molecular flexibility index (Phi) is 6.35. The number of dihydropyridines is 1. The van der Waals surface area contributed by atoms with Crippen LogP contribution in [0.1, 0.15) is 17.7 Å². The molecule has 0 saturated heterocycles. The van der Waals surface area contributed by atoms with E-state index in [0.717, 1.165) is 4.88 Å². The number of allylic oxidation sites excluding steroid dienone is 2. The average molecular weight is 377 g/mol. The SMILES string of the molecule is COC(=O)C=CC1=C(C(=O)OC)C(c2cccs2)C(C(=O)OC)=C(C)N1. The van der Waals surface area contributed by atoms with Crippen molar-refractivity contribution in [1.29, 1.82) is 0 Å². The van der Waals surface area contributed by atoms with Gasteiger partial charge >= 0.3 is 17.9 Å². The van der Waals surface area contributed by atoms with Gasteiger partial charge in [-0.05, 0) is 24.4 Å². The van der Waals surface area contributed by atoms with Crippen molar-refractivity contribution in [2.45, 2.75) is 12.8 Å². The van der Waals surface area contributed by atoms with Crippen molar-refractivity contribution in [3.63, 3.8) is 0 Å². The van der Waals surface area contributed by atoms with Crippen LogP contribution in [0.2, 0.25) is 0 Å². The standard InChI is InChI=1S/C18H19NO6S/c1-10-14(17(21)24-3)16(12-6-5-9-26-12)15(18(22)25-4)11(19-10)7-8-13(20)23-2/h5-9,16,19H,1-4H3. The Morgan fingerprint density at radius 1 is 1.08 bits per heavy atom. The molecule has 138 valence electrons. The largest absolute Gasteiger partial charge is 0.466 e. The Balaban J connectivity index is 2.68. The van der Waals surface area contributed by atoms with Gasteiger partial charge in [0.05, 0.1) is 38.4 Å². The van der Waals surface area contributed by atoms with Gasteiger partial charge in [-0.2, -0.15) is 0 Å². The Bertz CT molecular complexity index is 804. The van der Waals surface area contributed by atoms with E-state index in [9.17, 15) is 14.4 Å². The summed E-state index contributed by atoms with van der Waals surface area (Å²) < 4.78 is 14.4. The van der Waals surface area contributed by atoms with E-state index in [2.05, 4.69) is 10.1 Å². The minimum Gasteiger partial charge on any atom is -0.466 e. The van der Waals surface area contributed by atoms with Crippen LogP contribution >= 0.6 is 11.3 Å². The maximum Gasteiger partial charge on any atom is 0.336 e. The molecule has 1 aliphatic heterocycles. The van der Waals surface area contributed by atoms with Gasteiger partial charge in [-0.1, -0.05) is 6.07 Å². The van der Waals surface area contributed by atoms with E-state index in [0.29, 0.717) is 17.0 Å². The second-order valence-corrected chi connectivity index (χ2v) is 6.26. The van der Waals surface area contributed by atoms with E-state index < -0.39 is 23.8 Å². The predicted octanol–water partition coefficient (Wildman–Crippen LogP) is 2.04. The summed E-state index contributed by atoms with van der Waals surface area (Å²) in [5.41, 5.74) is 1.39. The van der Waals surface area contributed by atoms with Crippen molar-refractivity contribution in [2.75, 3.05) is 21.3 Å². The maximum absolute atomic E-state index is 12.5. The molecule has 1 aromatic rings. The van der Waals surface area contributed by atoms with Crippen LogP contribution in [0.3, 0.4) is 0 Å². The Morgan fingerprint density at radius 2 is 1.73 bits per heavy atom. The number of carbonyl (C=O) groups is 3. The van der Waals surface area contributed by atoms with Gasteiger partial charge in [-0.25, -0.2) is 14.4 Å². The molecule has 0 amide bonds. The van der Waals surface area contributed by atoms with Gasteiger partial charge in [0.25, 0.3) is 0 Å². The first kappa shape index (κ1) is 19.5. The highest BCUT2D eigenvalue weighted by molar-refractivity contribution is 7.10. The molecule has 1 unspecified atom stereocenters. The number of hydrogen-bond acceptors (Lipinski definition) is 8. The molecule has 0 aliphatic carbocycles. The summed E-state index contributed by atoms with van der Waals surface area (Å²) in [5, 5.41) is 4.83. The molecule has 0 aromatic carbocycles. The highest BCUT2D eigenvalue weighted by Crippen LogP contribution is 2.41. The van der Waals surface area contributed by atoms with Crippen LogP contribution in [0.4, 0.5) is 0 Å². The highest BCUT2D eigenvalue weighted by atomic mass is 32.1. The molecule has 0 fully saturated rings. The lowest BCUT2D eigenvalue weighted by atomic mass is 9.84. The molecule has 2 heterocycles. The molecule has 1 aliphatic rings. The number of rotatable bonds is 5. The van der Waals surface area contributed by atoms with Crippen molar-refractivity contribution < 1.29 is 28.6 Å². The van der Waals surface area contributed by atoms with Gasteiger partial charge in [0.15, 0.2) is 0 Å². The van der Waals surface area contributed by atoms with E-state index in [4.69, 9.17) is 9.47 Å². The third kappa shape index (κ3) is 3.85. The molecule has 0 spiro atoms. The number of nitrogens with one attached hydrogen (secondary N) is 1. The molecule has 26 heavy (non-hydrogen) atoms. The fourth-order valence-corrected chi connectivity index (χ4v) is 3.51. The fraction of sp³-hybridized carbons (Fsp3) is 0.278. The summed E-state index contributed by atoms with van der Waals surface area (Å²) in [7, 11) is 3.79. The van der Waals surface area contributed by atoms with Gasteiger partial charge in [-0.3, -0.25) is 0 Å². The summed E-state index contributed by atoms with van der Waals surface area (Å²) in [4.78, 5) is 37.1. The first-order chi connectivity index (χ1) is 12.4. The zero-order valence-electron chi connectivity index (χ0n) is 14.8. The zero-order valence-corrected chi connectivity index (χ0v) is 15.6. The summed E-state index contributed by atoms with van der Waals surface area (Å²) >= 11 is 1.40. The topological polar surface area (TPSA) is 90.9 Å². The van der Waals surface area contributed by atoms with Crippen molar-refractivity contribution in [2.24, 2.45) is 0 Å². The minimum absolute atomic E-state index is 0.209. The van der Waals surface area contributed by atoms with Crippen LogP contribution < -0.4 is 5.32 Å². The fourth-order valence-electron chi connectivity index (χ4n) is 2.66. The minimum atomic E-state index is -0.673. The zero-order chi connectivity index (χ0) is 19.3. The molecular weight excluding hydrogens is 358 g/mol. The van der Waals surface area contributed by atoms with Gasteiger partial charge in [0.1, 0.15) is 0 Å². The Labute approximate surface area is 154 Å². The van der Waals surface area contributed by atoms with Gasteiger partial charge in [0.2, 0.25) is 0 Å². The lowest BCUT2D eigenvalue weighted by molar-refractivity contribution is -0.137. The second kappa shape index (κ2) is 8.48. The number of thiophene rings is 1. The van der Waals surface area contributed by atoms with Crippen molar-refractivity contribution >= 4 is 29.2 Å². The smallest absolute Gasteiger partial charge is 0.336 e. The molecular formula is C18H19NO6S. The molecule has 8 heteroatoms. The summed E-state index contributed by atoms with van der Waals surface area (Å²) in [6, 6.07) is 3.65. The van der Waals surface area contributed by atoms with Crippen molar-refractivity contribution in [1.82, 2.24) is 5.32 Å². The first-order valence-electron chi connectivity index (χ1n) is 7.62. The van der Waals surface area contributed by atoms with Crippen LogP contribution in [0.15, 0.2) is 52.2 Å². The third-order valence-electron chi connectivity index (χ3n) is 3.82. The lowest BCUT2D eigenvalue weighted by Gasteiger charge is -2.29. The Hall–Kier alpha value is -2.87. The first-order valence-corrected chi connectivity index (χ1v) is 8.50. The molecule has 1 N–H and O–H groups in total. The van der Waals surface area contributed by atoms with E-state index >= 15 is 0 Å². The van der Waals surface area contributed by atoms with E-state index in [-0.39, 0.29) is 5.57 Å². The van der Waals surface area contributed by atoms with Gasteiger partial charge in [-0.15, -0.1) is 11.3 Å². The van der Waals surface area contributed by atoms with Crippen molar-refractivity contribution in [3.8, 4) is 0 Å². The molecule has 0 bridgehead atoms. The monoisotopic (exact) mass is 377 g/mol. The number of carbonyl (C=O) groups excluding carboxylic acids is 3. The predicted molar refractivity (Wildman–Crippen MR) is 95.1 cm³/mol. The van der Waals surface area contributed by atoms with E-state index in [1.165, 1.54) is 44.8 Å². The summed E-state index contributed by atoms with van der Waals surface area (Å²) in [6.07, 6.45) is 2.61. The quantitative estimate of drug-likeness (QED) is 0.477. The van der Waals surface area contributed by atoms with Crippen LogP contribution in [-0.2, 0) is 28.6 Å². The summed E-state index contributed by atoms with van der Waals surface area (Å²) in [6.45, 7) is 1.70. The molecule has 2 rings (SSSR count). The molecule has 1 aromatic heterocycles. The van der Waals surface area contributed by atoms with E-state index in [1.807, 2.05) is 17.5 Å². The van der Waals surface area contributed by atoms with Crippen LogP contribution in [0.25, 0.3) is 0 Å². The Morgan fingerprint density at radius 3 is 2.27 bits per heavy atom. The average Bonchev–Trinajstić information content (AvgIpc) is 3.18. The normalized spacial score (nSPS) is 17.2.